The third kappa shape index (κ3) is 3.59. The Balaban J connectivity index is 3.37. The summed E-state index contributed by atoms with van der Waals surface area (Å²) in [7, 11) is 4.73. The van der Waals surface area contributed by atoms with Crippen molar-refractivity contribution in [3.8, 4) is 0 Å². The predicted molar refractivity (Wildman–Crippen MR) is 36.2 cm³/mol. The minimum Gasteiger partial charge on any atom is -0.420 e. The molecule has 0 amide bonds. The van der Waals surface area contributed by atoms with E-state index in [0.717, 1.165) is 6.42 Å². The van der Waals surface area contributed by atoms with Crippen LogP contribution >= 0.6 is 23.2 Å². The Labute approximate surface area is 60.7 Å². The molecule has 0 unspecified atom stereocenters. The molecule has 0 rings (SSSR count). The van der Waals surface area contributed by atoms with Crippen LogP contribution in [-0.4, -0.2) is 12.6 Å². The molecule has 0 aliphatic carbocycles. The largest absolute Gasteiger partial charge is 0.420 e. The van der Waals surface area contributed by atoms with Gasteiger partial charge < -0.3 is 4.65 Å². The minimum absolute atomic E-state index is 0.548. The van der Waals surface area contributed by atoms with Gasteiger partial charge in [-0.3, -0.25) is 0 Å². The molecule has 0 N–H and O–H groups in total. The fourth-order valence-electron chi connectivity index (χ4n) is 0.350. The highest BCUT2D eigenvalue weighted by molar-refractivity contribution is 6.48. The first-order chi connectivity index (χ1) is 3.62. The van der Waals surface area contributed by atoms with Crippen LogP contribution < -0.4 is 0 Å². The van der Waals surface area contributed by atoms with Crippen molar-refractivity contribution >= 4 is 31.3 Å². The van der Waals surface area contributed by atoms with E-state index in [1.165, 1.54) is 0 Å². The number of alkyl halides is 2. The van der Waals surface area contributed by atoms with Gasteiger partial charge in [0.05, 0.1) is 0 Å². The number of hydrogen-bond acceptors (Lipinski definition) is 1. The molecule has 0 spiro atoms. The molecule has 0 aromatic rings. The van der Waals surface area contributed by atoms with Crippen molar-refractivity contribution in [3.63, 3.8) is 0 Å². The van der Waals surface area contributed by atoms with Gasteiger partial charge in [-0.15, -0.1) is 0 Å². The van der Waals surface area contributed by atoms with E-state index in [2.05, 4.69) is 4.65 Å². The van der Waals surface area contributed by atoms with Crippen molar-refractivity contribution in [3.05, 3.63) is 0 Å². The van der Waals surface area contributed by atoms with Crippen LogP contribution in [0.4, 0.5) is 0 Å². The van der Waals surface area contributed by atoms with Crippen molar-refractivity contribution in [2.45, 2.75) is 24.3 Å². The van der Waals surface area contributed by atoms with E-state index >= 15 is 0 Å². The van der Waals surface area contributed by atoms with E-state index < -0.39 is 4.52 Å². The minimum atomic E-state index is -1.19. The lowest BCUT2D eigenvalue weighted by Crippen LogP contribution is -2.14. The van der Waals surface area contributed by atoms with Gasteiger partial charge in [-0.05, 0) is 0 Å². The van der Waals surface area contributed by atoms with Gasteiger partial charge in [-0.1, -0.05) is 36.5 Å². The average molecular weight is 153 g/mol. The van der Waals surface area contributed by atoms with E-state index in [4.69, 9.17) is 31.3 Å². The first-order valence-electron chi connectivity index (χ1n) is 2.38. The van der Waals surface area contributed by atoms with Crippen LogP contribution in [0.2, 0.25) is 0 Å². The molecule has 46 valence electrons. The Bertz CT molecular complexity index is 67.1. The molecule has 1 nitrogen and oxygen atoms in total. The fourth-order valence-corrected chi connectivity index (χ4v) is 0.728. The van der Waals surface area contributed by atoms with Gasteiger partial charge in [0.1, 0.15) is 0 Å². The molecule has 0 fully saturated rings. The average Bonchev–Trinajstić information content (AvgIpc) is 1.67. The summed E-state index contributed by atoms with van der Waals surface area (Å²) in [5.74, 6) is 0. The second-order valence-electron chi connectivity index (χ2n) is 1.51. The zero-order valence-corrected chi connectivity index (χ0v) is 6.17. The SMILES string of the molecule is [B]OC(Cl)(Cl)CCC. The first kappa shape index (κ1) is 8.60. The van der Waals surface area contributed by atoms with Crippen LogP contribution in [0.25, 0.3) is 0 Å². The van der Waals surface area contributed by atoms with Crippen molar-refractivity contribution in [1.29, 1.82) is 0 Å². The van der Waals surface area contributed by atoms with E-state index in [-0.39, 0.29) is 0 Å². The Hall–Kier alpha value is 0.605. The smallest absolute Gasteiger partial charge is 0.286 e. The topological polar surface area (TPSA) is 9.23 Å². The normalized spacial score (nSPS) is 11.9. The van der Waals surface area contributed by atoms with Crippen LogP contribution in [0.1, 0.15) is 19.8 Å². The number of rotatable bonds is 3. The summed E-state index contributed by atoms with van der Waals surface area (Å²) in [6.45, 7) is 1.94. The maximum absolute atomic E-state index is 5.44. The van der Waals surface area contributed by atoms with Gasteiger partial charge in [-0.2, -0.15) is 0 Å². The van der Waals surface area contributed by atoms with Crippen molar-refractivity contribution in [2.24, 2.45) is 0 Å². The number of hydrogen-bond donors (Lipinski definition) is 0. The lowest BCUT2D eigenvalue weighted by atomic mass is 10.3. The molecule has 0 heterocycles. The van der Waals surface area contributed by atoms with E-state index in [0.29, 0.717) is 6.42 Å². The van der Waals surface area contributed by atoms with Crippen LogP contribution in [0.3, 0.4) is 0 Å². The summed E-state index contributed by atoms with van der Waals surface area (Å²) < 4.78 is 3.02. The highest BCUT2D eigenvalue weighted by Crippen LogP contribution is 2.26. The van der Waals surface area contributed by atoms with Crippen molar-refractivity contribution in [2.75, 3.05) is 0 Å². The third-order valence-corrected chi connectivity index (χ3v) is 1.27. The van der Waals surface area contributed by atoms with Gasteiger partial charge in [0.2, 0.25) is 4.52 Å². The molecule has 0 bridgehead atoms. The van der Waals surface area contributed by atoms with Gasteiger partial charge in [0, 0.05) is 6.42 Å². The molecule has 0 aromatic heterocycles. The molecule has 8 heavy (non-hydrogen) atoms. The maximum atomic E-state index is 5.44. The van der Waals surface area contributed by atoms with E-state index in [1.54, 1.807) is 0 Å². The van der Waals surface area contributed by atoms with E-state index in [9.17, 15) is 0 Å². The highest BCUT2D eigenvalue weighted by atomic mass is 35.5. The second-order valence-corrected chi connectivity index (χ2v) is 2.92. The molecule has 0 saturated carbocycles. The van der Waals surface area contributed by atoms with Crippen molar-refractivity contribution < 1.29 is 4.65 Å². The molecule has 2 radical (unpaired) electrons. The Morgan fingerprint density at radius 1 is 1.62 bits per heavy atom. The Kier molecular flexibility index (Phi) is 3.87. The maximum Gasteiger partial charge on any atom is 0.286 e. The van der Waals surface area contributed by atoms with Gasteiger partial charge in [0.25, 0.3) is 8.05 Å². The van der Waals surface area contributed by atoms with Gasteiger partial charge in [0.15, 0.2) is 0 Å². The van der Waals surface area contributed by atoms with Crippen LogP contribution in [0.5, 0.6) is 0 Å². The molecule has 0 atom stereocenters. The summed E-state index contributed by atoms with van der Waals surface area (Å²) in [4.78, 5) is 0. The summed E-state index contributed by atoms with van der Waals surface area (Å²) >= 11 is 10.9. The van der Waals surface area contributed by atoms with Crippen LogP contribution in [-0.2, 0) is 4.65 Å². The summed E-state index contributed by atoms with van der Waals surface area (Å²) in [5.41, 5.74) is 0. The molecule has 0 aliphatic rings. The van der Waals surface area contributed by atoms with Crippen molar-refractivity contribution in [1.82, 2.24) is 0 Å². The zero-order chi connectivity index (χ0) is 6.62. The molecular weight excluding hydrogens is 146 g/mol. The summed E-state index contributed by atoms with van der Waals surface area (Å²) in [6.07, 6.45) is 1.40. The highest BCUT2D eigenvalue weighted by Gasteiger charge is 2.19. The molecule has 4 heteroatoms. The standard InChI is InChI=1S/C4H7BCl2O/c1-2-3-4(6,7)8-5/h2-3H2,1H3. The summed E-state index contributed by atoms with van der Waals surface area (Å²) in [5, 5.41) is 0. The van der Waals surface area contributed by atoms with Crippen LogP contribution in [0.15, 0.2) is 0 Å². The monoisotopic (exact) mass is 152 g/mol. The number of halogens is 2. The predicted octanol–water partition coefficient (Wildman–Crippen LogP) is 2.02. The first-order valence-corrected chi connectivity index (χ1v) is 3.13. The molecule has 0 aliphatic heterocycles. The fraction of sp³-hybridized carbons (Fsp3) is 1.00. The molecule has 0 saturated heterocycles. The third-order valence-electron chi connectivity index (χ3n) is 0.713. The Morgan fingerprint density at radius 3 is 2.25 bits per heavy atom. The van der Waals surface area contributed by atoms with Crippen LogP contribution in [0, 0.1) is 0 Å². The Morgan fingerprint density at radius 2 is 2.12 bits per heavy atom. The molecular formula is C4H7BCl2O. The quantitative estimate of drug-likeness (QED) is 0.445. The lowest BCUT2D eigenvalue weighted by Gasteiger charge is -2.16. The van der Waals surface area contributed by atoms with Gasteiger partial charge >= 0.3 is 0 Å². The lowest BCUT2D eigenvalue weighted by molar-refractivity contribution is 0.252. The second kappa shape index (κ2) is 3.60. The van der Waals surface area contributed by atoms with Gasteiger partial charge in [-0.25, -0.2) is 0 Å². The zero-order valence-electron chi connectivity index (χ0n) is 4.66. The summed E-state index contributed by atoms with van der Waals surface area (Å²) in [6, 6.07) is 0. The van der Waals surface area contributed by atoms with E-state index in [1.807, 2.05) is 6.92 Å². The molecule has 0 aromatic carbocycles.